The number of rotatable bonds is 4. The Hall–Kier alpha value is -1.80. The van der Waals surface area contributed by atoms with Crippen molar-refractivity contribution in [2.45, 2.75) is 4.90 Å². The number of halogens is 1. The van der Waals surface area contributed by atoms with Crippen molar-refractivity contribution >= 4 is 37.5 Å². The fourth-order valence-corrected chi connectivity index (χ4v) is 2.96. The number of pyridine rings is 1. The van der Waals surface area contributed by atoms with Gasteiger partial charge < -0.3 is 10.5 Å². The first-order valence-corrected chi connectivity index (χ1v) is 7.78. The number of methoxy groups -OCH3 is 1. The van der Waals surface area contributed by atoms with Gasteiger partial charge in [0, 0.05) is 16.7 Å². The second-order valence-corrected chi connectivity index (χ2v) is 6.41. The van der Waals surface area contributed by atoms with Crippen LogP contribution in [0.1, 0.15) is 0 Å². The van der Waals surface area contributed by atoms with Crippen molar-refractivity contribution in [1.82, 2.24) is 4.98 Å². The second-order valence-electron chi connectivity index (χ2n) is 3.87. The van der Waals surface area contributed by atoms with Gasteiger partial charge in [-0.2, -0.15) is 0 Å². The van der Waals surface area contributed by atoms with Crippen LogP contribution in [0.15, 0.2) is 45.9 Å². The molecule has 106 valence electrons. The lowest BCUT2D eigenvalue weighted by Gasteiger charge is -2.11. The van der Waals surface area contributed by atoms with Crippen LogP contribution in [-0.4, -0.2) is 20.5 Å². The number of sulfonamides is 1. The summed E-state index contributed by atoms with van der Waals surface area (Å²) in [5.74, 6) is 0.799. The Kier molecular flexibility index (Phi) is 4.15. The number of nitrogens with two attached hydrogens (primary N) is 1. The lowest BCUT2D eigenvalue weighted by molar-refractivity contribution is 0.415. The summed E-state index contributed by atoms with van der Waals surface area (Å²) >= 11 is 3.28. The first-order valence-electron chi connectivity index (χ1n) is 5.50. The van der Waals surface area contributed by atoms with E-state index in [0.29, 0.717) is 15.9 Å². The lowest BCUT2D eigenvalue weighted by atomic mass is 10.3. The van der Waals surface area contributed by atoms with E-state index in [1.807, 2.05) is 0 Å². The van der Waals surface area contributed by atoms with Gasteiger partial charge >= 0.3 is 0 Å². The van der Waals surface area contributed by atoms with Crippen molar-refractivity contribution in [3.63, 3.8) is 0 Å². The molecule has 0 spiro atoms. The smallest absolute Gasteiger partial charge is 0.263 e. The number of benzene rings is 1. The highest BCUT2D eigenvalue weighted by molar-refractivity contribution is 9.10. The predicted molar refractivity (Wildman–Crippen MR) is 80.2 cm³/mol. The number of hydrogen-bond donors (Lipinski definition) is 2. The Morgan fingerprint density at radius 1 is 1.30 bits per heavy atom. The van der Waals surface area contributed by atoms with E-state index >= 15 is 0 Å². The molecule has 8 heteroatoms. The molecule has 0 radical (unpaired) electrons. The molecule has 1 heterocycles. The fourth-order valence-electron chi connectivity index (χ4n) is 1.46. The summed E-state index contributed by atoms with van der Waals surface area (Å²) in [7, 11) is -2.23. The molecular formula is C12H12BrN3O3S. The zero-order valence-electron chi connectivity index (χ0n) is 10.5. The number of nitrogens with one attached hydrogen (secondary N) is 1. The van der Waals surface area contributed by atoms with Crippen molar-refractivity contribution < 1.29 is 13.2 Å². The van der Waals surface area contributed by atoms with Gasteiger partial charge in [-0.05, 0) is 40.2 Å². The van der Waals surface area contributed by atoms with E-state index in [1.165, 1.54) is 25.4 Å². The zero-order valence-corrected chi connectivity index (χ0v) is 12.9. The van der Waals surface area contributed by atoms with E-state index < -0.39 is 10.0 Å². The first kappa shape index (κ1) is 14.6. The number of nitrogen functional groups attached to an aromatic ring is 1. The lowest BCUT2D eigenvalue weighted by Crippen LogP contribution is -2.13. The number of aromatic nitrogens is 1. The van der Waals surface area contributed by atoms with Crippen molar-refractivity contribution in [1.29, 1.82) is 0 Å². The Bertz CT molecular complexity index is 717. The van der Waals surface area contributed by atoms with Gasteiger partial charge in [0.1, 0.15) is 16.5 Å². The van der Waals surface area contributed by atoms with Gasteiger partial charge in [0.2, 0.25) is 0 Å². The van der Waals surface area contributed by atoms with Crippen molar-refractivity contribution in [2.75, 3.05) is 17.6 Å². The van der Waals surface area contributed by atoms with E-state index in [9.17, 15) is 8.42 Å². The maximum Gasteiger partial charge on any atom is 0.263 e. The Morgan fingerprint density at radius 2 is 2.05 bits per heavy atom. The number of anilines is 2. The summed E-state index contributed by atoms with van der Waals surface area (Å²) in [6.45, 7) is 0. The molecule has 2 aromatic rings. The molecule has 0 amide bonds. The third-order valence-corrected chi connectivity index (χ3v) is 4.53. The van der Waals surface area contributed by atoms with E-state index in [1.54, 1.807) is 18.2 Å². The van der Waals surface area contributed by atoms with Crippen LogP contribution in [0.3, 0.4) is 0 Å². The van der Waals surface area contributed by atoms with Crippen LogP contribution in [-0.2, 0) is 10.0 Å². The van der Waals surface area contributed by atoms with Gasteiger partial charge in [0.25, 0.3) is 10.0 Å². The molecule has 0 bridgehead atoms. The van der Waals surface area contributed by atoms with E-state index in [0.717, 1.165) is 0 Å². The summed E-state index contributed by atoms with van der Waals surface area (Å²) in [6, 6.07) is 7.80. The first-order chi connectivity index (χ1) is 9.42. The predicted octanol–water partition coefficient (Wildman–Crippen LogP) is 2.24. The maximum absolute atomic E-state index is 12.2. The minimum absolute atomic E-state index is 0.0291. The minimum Gasteiger partial charge on any atom is -0.497 e. The summed E-state index contributed by atoms with van der Waals surface area (Å²) in [5, 5.41) is 0. The zero-order chi connectivity index (χ0) is 14.8. The van der Waals surface area contributed by atoms with Crippen LogP contribution in [0.4, 0.5) is 11.5 Å². The molecule has 3 N–H and O–H groups in total. The average molecular weight is 358 g/mol. The molecule has 20 heavy (non-hydrogen) atoms. The highest BCUT2D eigenvalue weighted by Crippen LogP contribution is 2.29. The fraction of sp³-hybridized carbons (Fsp3) is 0.0833. The summed E-state index contributed by atoms with van der Waals surface area (Å²) < 4.78 is 32.5. The molecular weight excluding hydrogens is 346 g/mol. The summed E-state index contributed by atoms with van der Waals surface area (Å²) in [4.78, 5) is 3.79. The summed E-state index contributed by atoms with van der Waals surface area (Å²) in [6.07, 6.45) is 1.20. The maximum atomic E-state index is 12.2. The Morgan fingerprint density at radius 3 is 2.65 bits per heavy atom. The number of ether oxygens (including phenoxy) is 1. The molecule has 0 saturated carbocycles. The highest BCUT2D eigenvalue weighted by Gasteiger charge is 2.16. The normalized spacial score (nSPS) is 11.1. The molecule has 0 saturated heterocycles. The Balaban J connectivity index is 2.35. The minimum atomic E-state index is -3.73. The van der Waals surface area contributed by atoms with Crippen LogP contribution < -0.4 is 15.2 Å². The van der Waals surface area contributed by atoms with Crippen molar-refractivity contribution in [3.8, 4) is 5.75 Å². The van der Waals surface area contributed by atoms with Crippen LogP contribution in [0.25, 0.3) is 0 Å². The monoisotopic (exact) mass is 357 g/mol. The van der Waals surface area contributed by atoms with E-state index in [4.69, 9.17) is 10.5 Å². The standard InChI is InChI=1S/C12H12BrN3O3S/c1-19-8-2-4-10(13)11(6-8)16-20(17,18)9-3-5-12(14)15-7-9/h2-7,16H,1H3,(H2,14,15). The molecule has 0 unspecified atom stereocenters. The van der Waals surface area contributed by atoms with Crippen molar-refractivity contribution in [2.24, 2.45) is 0 Å². The molecule has 0 fully saturated rings. The van der Waals surface area contributed by atoms with Crippen LogP contribution >= 0.6 is 15.9 Å². The van der Waals surface area contributed by atoms with Gasteiger partial charge in [0.15, 0.2) is 0 Å². The Labute approximate surface area is 125 Å². The molecule has 2 rings (SSSR count). The largest absolute Gasteiger partial charge is 0.497 e. The SMILES string of the molecule is COc1ccc(Br)c(NS(=O)(=O)c2ccc(N)nc2)c1. The molecule has 6 nitrogen and oxygen atoms in total. The van der Waals surface area contributed by atoms with Gasteiger partial charge in [0.05, 0.1) is 12.8 Å². The van der Waals surface area contributed by atoms with Crippen LogP contribution in [0, 0.1) is 0 Å². The molecule has 0 aliphatic carbocycles. The van der Waals surface area contributed by atoms with Gasteiger partial charge in [-0.15, -0.1) is 0 Å². The highest BCUT2D eigenvalue weighted by atomic mass is 79.9. The van der Waals surface area contributed by atoms with Crippen LogP contribution in [0.2, 0.25) is 0 Å². The van der Waals surface area contributed by atoms with E-state index in [2.05, 4.69) is 25.6 Å². The molecule has 0 aliphatic heterocycles. The van der Waals surface area contributed by atoms with Gasteiger partial charge in [-0.3, -0.25) is 4.72 Å². The third-order valence-electron chi connectivity index (χ3n) is 2.49. The molecule has 1 aromatic heterocycles. The molecule has 0 aliphatic rings. The van der Waals surface area contributed by atoms with Gasteiger partial charge in [-0.1, -0.05) is 0 Å². The number of hydrogen-bond acceptors (Lipinski definition) is 5. The topological polar surface area (TPSA) is 94.3 Å². The van der Waals surface area contributed by atoms with Crippen LogP contribution in [0.5, 0.6) is 5.75 Å². The molecule has 0 atom stereocenters. The quantitative estimate of drug-likeness (QED) is 0.874. The second kappa shape index (κ2) is 5.68. The van der Waals surface area contributed by atoms with Gasteiger partial charge in [-0.25, -0.2) is 13.4 Å². The summed E-state index contributed by atoms with van der Waals surface area (Å²) in [5.41, 5.74) is 5.81. The molecule has 1 aromatic carbocycles. The van der Waals surface area contributed by atoms with E-state index in [-0.39, 0.29) is 10.7 Å². The number of nitrogens with zero attached hydrogens (tertiary/aromatic N) is 1. The average Bonchev–Trinajstić information content (AvgIpc) is 2.41. The third kappa shape index (κ3) is 3.20. The van der Waals surface area contributed by atoms with Crippen molar-refractivity contribution in [3.05, 3.63) is 41.0 Å².